The molecule has 8 heteroatoms. The molecule has 0 saturated carbocycles. The quantitative estimate of drug-likeness (QED) is 0.621. The van der Waals surface area contributed by atoms with Crippen molar-refractivity contribution in [1.82, 2.24) is 9.80 Å². The van der Waals surface area contributed by atoms with Crippen molar-refractivity contribution in [2.24, 2.45) is 5.41 Å². The molecule has 176 valence electrons. The molecule has 3 heterocycles. The number of methoxy groups -OCH3 is 3. The molecule has 1 spiro atoms. The Hall–Kier alpha value is -2.32. The van der Waals surface area contributed by atoms with Crippen molar-refractivity contribution < 1.29 is 28.5 Å². The van der Waals surface area contributed by atoms with Gasteiger partial charge in [-0.2, -0.15) is 0 Å². The van der Waals surface area contributed by atoms with Crippen molar-refractivity contribution in [3.8, 4) is 11.5 Å². The molecule has 0 radical (unpaired) electrons. The molecule has 0 bridgehead atoms. The number of esters is 1. The number of ether oxygens (including phenoxy) is 4. The number of carbonyl (C=O) groups is 2. The van der Waals surface area contributed by atoms with Gasteiger partial charge < -0.3 is 23.8 Å². The molecule has 0 N–H and O–H groups in total. The minimum atomic E-state index is -0.142. The van der Waals surface area contributed by atoms with Gasteiger partial charge in [0.2, 0.25) is 0 Å². The Morgan fingerprint density at radius 2 is 1.75 bits per heavy atom. The van der Waals surface area contributed by atoms with E-state index in [0.717, 1.165) is 51.8 Å². The highest BCUT2D eigenvalue weighted by atomic mass is 16.5. The first-order valence-corrected chi connectivity index (χ1v) is 11.4. The Balaban J connectivity index is 1.33. The molecule has 3 aliphatic rings. The van der Waals surface area contributed by atoms with Crippen molar-refractivity contribution in [1.29, 1.82) is 0 Å². The van der Waals surface area contributed by atoms with Crippen LogP contribution in [0, 0.1) is 5.41 Å². The maximum absolute atomic E-state index is 13.1. The van der Waals surface area contributed by atoms with Crippen LogP contribution in [0.25, 0.3) is 0 Å². The number of nitrogens with zero attached hydrogens (tertiary/aromatic N) is 2. The van der Waals surface area contributed by atoms with Gasteiger partial charge in [0, 0.05) is 31.3 Å². The topological polar surface area (TPSA) is 77.5 Å². The van der Waals surface area contributed by atoms with Gasteiger partial charge in [-0.25, -0.2) is 0 Å². The third-order valence-corrected chi connectivity index (χ3v) is 7.27. The monoisotopic (exact) mass is 446 g/mol. The van der Waals surface area contributed by atoms with Crippen molar-refractivity contribution in [2.45, 2.75) is 44.2 Å². The van der Waals surface area contributed by atoms with Crippen molar-refractivity contribution >= 4 is 11.9 Å². The molecule has 8 nitrogen and oxygen atoms in total. The van der Waals surface area contributed by atoms with E-state index in [-0.39, 0.29) is 29.4 Å². The summed E-state index contributed by atoms with van der Waals surface area (Å²) in [7, 11) is 4.62. The molecule has 2 unspecified atom stereocenters. The molecular formula is C24H34N2O6. The predicted molar refractivity (Wildman–Crippen MR) is 118 cm³/mol. The molecule has 32 heavy (non-hydrogen) atoms. The number of piperidine rings is 1. The lowest BCUT2D eigenvalue weighted by molar-refractivity contribution is -0.146. The second-order valence-electron chi connectivity index (χ2n) is 9.21. The molecule has 1 aromatic carbocycles. The van der Waals surface area contributed by atoms with E-state index in [1.807, 2.05) is 4.90 Å². The molecule has 3 aliphatic heterocycles. The SMILES string of the molecule is COC(=O)C1CCCN1CC1CC2(CCN(C(=O)c3cc(OC)cc(OC)c3)CC2)CO1. The molecule has 2 atom stereocenters. The van der Waals surface area contributed by atoms with Crippen molar-refractivity contribution in [3.05, 3.63) is 23.8 Å². The summed E-state index contributed by atoms with van der Waals surface area (Å²) in [6, 6.07) is 5.15. The number of benzene rings is 1. The Labute approximate surface area is 189 Å². The summed E-state index contributed by atoms with van der Waals surface area (Å²) >= 11 is 0. The summed E-state index contributed by atoms with van der Waals surface area (Å²) in [6.45, 7) is 3.84. The molecule has 1 amide bonds. The highest BCUT2D eigenvalue weighted by Crippen LogP contribution is 2.43. The lowest BCUT2D eigenvalue weighted by atomic mass is 9.76. The molecular weight excluding hydrogens is 412 g/mol. The van der Waals surface area contributed by atoms with Gasteiger partial charge in [0.15, 0.2) is 0 Å². The average Bonchev–Trinajstić information content (AvgIpc) is 3.45. The highest BCUT2D eigenvalue weighted by Gasteiger charge is 2.44. The first-order valence-electron chi connectivity index (χ1n) is 11.4. The third kappa shape index (κ3) is 4.71. The number of rotatable bonds is 6. The first-order chi connectivity index (χ1) is 15.5. The Bertz CT molecular complexity index is 814. The number of amides is 1. The van der Waals surface area contributed by atoms with Crippen LogP contribution in [0.1, 0.15) is 42.5 Å². The van der Waals surface area contributed by atoms with Crippen LogP contribution >= 0.6 is 0 Å². The summed E-state index contributed by atoms with van der Waals surface area (Å²) < 4.78 is 21.8. The van der Waals surface area contributed by atoms with Gasteiger partial charge in [0.25, 0.3) is 5.91 Å². The largest absolute Gasteiger partial charge is 0.497 e. The summed E-state index contributed by atoms with van der Waals surface area (Å²) in [6.07, 6.45) is 4.84. The second kappa shape index (κ2) is 9.67. The van der Waals surface area contributed by atoms with E-state index in [1.165, 1.54) is 7.11 Å². The summed E-state index contributed by atoms with van der Waals surface area (Å²) in [5, 5.41) is 0. The maximum atomic E-state index is 13.1. The zero-order valence-electron chi connectivity index (χ0n) is 19.3. The number of hydrogen-bond acceptors (Lipinski definition) is 7. The summed E-state index contributed by atoms with van der Waals surface area (Å²) in [5.41, 5.74) is 0.703. The van der Waals surface area contributed by atoms with Crippen LogP contribution in [0.3, 0.4) is 0 Å². The van der Waals surface area contributed by atoms with Gasteiger partial charge in [0.05, 0.1) is 34.0 Å². The Morgan fingerprint density at radius 1 is 1.06 bits per heavy atom. The fourth-order valence-electron chi connectivity index (χ4n) is 5.37. The number of carbonyl (C=O) groups excluding carboxylic acids is 2. The average molecular weight is 447 g/mol. The second-order valence-corrected chi connectivity index (χ2v) is 9.21. The molecule has 0 aromatic heterocycles. The van der Waals surface area contributed by atoms with Crippen molar-refractivity contribution in [3.63, 3.8) is 0 Å². The summed E-state index contributed by atoms with van der Waals surface area (Å²) in [4.78, 5) is 29.3. The smallest absolute Gasteiger partial charge is 0.323 e. The standard InChI is InChI=1S/C24H34N2O6/c1-29-18-11-17(12-19(13-18)30-2)22(27)25-9-6-24(7-10-25)14-20(32-16-24)15-26-8-4-5-21(26)23(28)31-3/h11-13,20-21H,4-10,14-16H2,1-3H3. The normalized spacial score (nSPS) is 25.2. The zero-order chi connectivity index (χ0) is 22.7. The van der Waals surface area contributed by atoms with E-state index >= 15 is 0 Å². The van der Waals surface area contributed by atoms with Crippen LogP contribution in [0.5, 0.6) is 11.5 Å². The third-order valence-electron chi connectivity index (χ3n) is 7.27. The Morgan fingerprint density at radius 3 is 2.38 bits per heavy atom. The van der Waals surface area contributed by atoms with Gasteiger partial charge in [-0.15, -0.1) is 0 Å². The maximum Gasteiger partial charge on any atom is 0.323 e. The fourth-order valence-corrected chi connectivity index (χ4v) is 5.37. The van der Waals surface area contributed by atoms with Crippen LogP contribution < -0.4 is 9.47 Å². The molecule has 3 fully saturated rings. The number of hydrogen-bond donors (Lipinski definition) is 0. The van der Waals surface area contributed by atoms with Crippen LogP contribution in [0.2, 0.25) is 0 Å². The van der Waals surface area contributed by atoms with Gasteiger partial charge >= 0.3 is 5.97 Å². The minimum absolute atomic E-state index is 0.00509. The predicted octanol–water partition coefficient (Wildman–Crippen LogP) is 2.35. The lowest BCUT2D eigenvalue weighted by Gasteiger charge is -2.38. The van der Waals surface area contributed by atoms with E-state index in [2.05, 4.69) is 4.90 Å². The molecule has 3 saturated heterocycles. The lowest BCUT2D eigenvalue weighted by Crippen LogP contribution is -2.44. The fraction of sp³-hybridized carbons (Fsp3) is 0.667. The van der Waals surface area contributed by atoms with E-state index in [9.17, 15) is 9.59 Å². The van der Waals surface area contributed by atoms with Crippen LogP contribution in [-0.2, 0) is 14.3 Å². The summed E-state index contributed by atoms with van der Waals surface area (Å²) in [5.74, 6) is 1.09. The van der Waals surface area contributed by atoms with Gasteiger partial charge in [-0.05, 0) is 56.2 Å². The van der Waals surface area contributed by atoms with Crippen molar-refractivity contribution in [2.75, 3.05) is 54.1 Å². The van der Waals surface area contributed by atoms with Crippen LogP contribution in [0.15, 0.2) is 18.2 Å². The molecule has 1 aromatic rings. The zero-order valence-corrected chi connectivity index (χ0v) is 19.3. The molecule has 0 aliphatic carbocycles. The van der Waals surface area contributed by atoms with Gasteiger partial charge in [-0.3, -0.25) is 14.5 Å². The minimum Gasteiger partial charge on any atom is -0.497 e. The van der Waals surface area contributed by atoms with Gasteiger partial charge in [-0.1, -0.05) is 0 Å². The van der Waals surface area contributed by atoms with E-state index in [4.69, 9.17) is 18.9 Å². The van der Waals surface area contributed by atoms with Crippen LogP contribution in [0.4, 0.5) is 0 Å². The van der Waals surface area contributed by atoms with Gasteiger partial charge in [0.1, 0.15) is 17.5 Å². The molecule has 4 rings (SSSR count). The first kappa shape index (κ1) is 22.9. The van der Waals surface area contributed by atoms with E-state index < -0.39 is 0 Å². The van der Waals surface area contributed by atoms with E-state index in [0.29, 0.717) is 30.2 Å². The van der Waals surface area contributed by atoms with Crippen LogP contribution in [-0.4, -0.2) is 87.9 Å². The highest BCUT2D eigenvalue weighted by molar-refractivity contribution is 5.95. The Kier molecular flexibility index (Phi) is 6.90. The van der Waals surface area contributed by atoms with E-state index in [1.54, 1.807) is 32.4 Å². The number of likely N-dealkylation sites (tertiary alicyclic amines) is 2.